The predicted molar refractivity (Wildman–Crippen MR) is 130 cm³/mol. The molecule has 2 saturated heterocycles. The van der Waals surface area contributed by atoms with Crippen LogP contribution in [0.1, 0.15) is 26.6 Å². The van der Waals surface area contributed by atoms with E-state index in [9.17, 15) is 4.79 Å². The van der Waals surface area contributed by atoms with Crippen LogP contribution in [-0.2, 0) is 0 Å². The number of hydrogen-bond donors (Lipinski definition) is 0. The number of likely N-dealkylation sites (tertiary alicyclic amines) is 1. The zero-order valence-corrected chi connectivity index (χ0v) is 19.8. The molecule has 7 nitrogen and oxygen atoms in total. The zero-order valence-electron chi connectivity index (χ0n) is 19.0. The van der Waals surface area contributed by atoms with Crippen molar-refractivity contribution < 1.29 is 4.79 Å². The van der Waals surface area contributed by atoms with E-state index in [4.69, 9.17) is 0 Å². The largest absolute Gasteiger partial charge is 0.340 e. The molecule has 0 N–H and O–H groups in total. The summed E-state index contributed by atoms with van der Waals surface area (Å²) in [4.78, 5) is 33.2. The maximum Gasteiger partial charge on any atom is 0.256 e. The molecule has 0 radical (unpaired) electrons. The molecule has 33 heavy (non-hydrogen) atoms. The molecule has 4 aromatic heterocycles. The minimum absolute atomic E-state index is 0.107. The fourth-order valence-electron chi connectivity index (χ4n) is 5.32. The van der Waals surface area contributed by atoms with Crippen LogP contribution in [0.5, 0.6) is 0 Å². The van der Waals surface area contributed by atoms with Gasteiger partial charge < -0.3 is 14.2 Å². The highest BCUT2D eigenvalue weighted by atomic mass is 32.1. The Bertz CT molecular complexity index is 1340. The Hall–Kier alpha value is -3.26. The number of carbonyl (C=O) groups excluding carboxylic acids is 1. The lowest BCUT2D eigenvalue weighted by Crippen LogP contribution is -2.34. The number of hydrogen-bond acceptors (Lipinski definition) is 6. The molecule has 6 rings (SSSR count). The van der Waals surface area contributed by atoms with Gasteiger partial charge in [0.1, 0.15) is 5.01 Å². The van der Waals surface area contributed by atoms with Crippen LogP contribution in [0.15, 0.2) is 42.9 Å². The standard InChI is InChI=1S/C25H26N6OS/c1-15-8-16(2)28-25(27-15)31-12-18-10-30(11-19(18)13-31)24(32)22-20(23-26-9-17(3)33-23)14-29-7-5-4-6-21(22)29/h4-9,14,18-19H,10-13H2,1-3H3/t18-,19+. The molecule has 0 unspecified atom stereocenters. The average molecular weight is 459 g/mol. The number of aromatic nitrogens is 4. The lowest BCUT2D eigenvalue weighted by molar-refractivity contribution is 0.0785. The third kappa shape index (κ3) is 3.49. The van der Waals surface area contributed by atoms with Gasteiger partial charge in [0.15, 0.2) is 0 Å². The van der Waals surface area contributed by atoms with Gasteiger partial charge in [0.05, 0.1) is 11.1 Å². The molecule has 2 fully saturated rings. The number of fused-ring (bicyclic) bond motifs is 2. The third-order valence-electron chi connectivity index (χ3n) is 6.78. The van der Waals surface area contributed by atoms with Crippen LogP contribution in [-0.4, -0.2) is 56.3 Å². The van der Waals surface area contributed by atoms with Crippen LogP contribution < -0.4 is 4.90 Å². The molecular weight excluding hydrogens is 432 g/mol. The Kier molecular flexibility index (Phi) is 4.72. The topological polar surface area (TPSA) is 66.6 Å². The van der Waals surface area contributed by atoms with Crippen LogP contribution >= 0.6 is 11.3 Å². The number of amides is 1. The highest BCUT2D eigenvalue weighted by Gasteiger charge is 2.43. The van der Waals surface area contributed by atoms with Gasteiger partial charge in [0, 0.05) is 78.4 Å². The van der Waals surface area contributed by atoms with E-state index in [1.807, 2.05) is 72.9 Å². The summed E-state index contributed by atoms with van der Waals surface area (Å²) in [6.07, 6.45) is 5.91. The number of anilines is 1. The highest BCUT2D eigenvalue weighted by molar-refractivity contribution is 7.15. The molecule has 0 aliphatic carbocycles. The van der Waals surface area contributed by atoms with Crippen molar-refractivity contribution in [2.45, 2.75) is 20.8 Å². The second kappa shape index (κ2) is 7.66. The van der Waals surface area contributed by atoms with Gasteiger partial charge >= 0.3 is 0 Å². The van der Waals surface area contributed by atoms with Crippen LogP contribution in [0.2, 0.25) is 0 Å². The van der Waals surface area contributed by atoms with E-state index >= 15 is 0 Å². The zero-order chi connectivity index (χ0) is 22.7. The number of carbonyl (C=O) groups is 1. The van der Waals surface area contributed by atoms with E-state index < -0.39 is 0 Å². The van der Waals surface area contributed by atoms with Crippen molar-refractivity contribution >= 4 is 28.7 Å². The number of thiazole rings is 1. The first-order valence-electron chi connectivity index (χ1n) is 11.4. The highest BCUT2D eigenvalue weighted by Crippen LogP contribution is 2.37. The van der Waals surface area contributed by atoms with Crippen LogP contribution in [0.25, 0.3) is 16.1 Å². The average Bonchev–Trinajstić information content (AvgIpc) is 3.53. The van der Waals surface area contributed by atoms with Gasteiger partial charge in [-0.1, -0.05) is 6.07 Å². The van der Waals surface area contributed by atoms with Gasteiger partial charge in [-0.15, -0.1) is 11.3 Å². The monoisotopic (exact) mass is 458 g/mol. The van der Waals surface area contributed by atoms with Gasteiger partial charge in [0.2, 0.25) is 5.95 Å². The fourth-order valence-corrected chi connectivity index (χ4v) is 6.10. The molecule has 2 aliphatic heterocycles. The van der Waals surface area contributed by atoms with E-state index in [2.05, 4.69) is 19.9 Å². The van der Waals surface area contributed by atoms with E-state index in [-0.39, 0.29) is 5.91 Å². The third-order valence-corrected chi connectivity index (χ3v) is 7.72. The van der Waals surface area contributed by atoms with Gasteiger partial charge in [-0.05, 0) is 39.0 Å². The van der Waals surface area contributed by atoms with E-state index in [0.717, 1.165) is 70.0 Å². The van der Waals surface area contributed by atoms with Crippen LogP contribution in [0.4, 0.5) is 5.95 Å². The second-order valence-corrected chi connectivity index (χ2v) is 10.5. The van der Waals surface area contributed by atoms with Gasteiger partial charge in [-0.2, -0.15) is 0 Å². The van der Waals surface area contributed by atoms with Crippen molar-refractivity contribution in [2.75, 3.05) is 31.1 Å². The molecule has 6 heterocycles. The summed E-state index contributed by atoms with van der Waals surface area (Å²) in [5.74, 6) is 1.81. The van der Waals surface area contributed by atoms with Crippen molar-refractivity contribution in [3.8, 4) is 10.6 Å². The van der Waals surface area contributed by atoms with Crippen molar-refractivity contribution in [3.05, 3.63) is 64.7 Å². The van der Waals surface area contributed by atoms with Crippen LogP contribution in [0, 0.1) is 32.6 Å². The van der Waals surface area contributed by atoms with Crippen molar-refractivity contribution in [2.24, 2.45) is 11.8 Å². The smallest absolute Gasteiger partial charge is 0.256 e. The molecule has 2 aliphatic rings. The molecule has 0 spiro atoms. The normalized spacial score (nSPS) is 20.1. The van der Waals surface area contributed by atoms with Crippen molar-refractivity contribution in [1.82, 2.24) is 24.3 Å². The first kappa shape index (κ1) is 20.4. The van der Waals surface area contributed by atoms with Gasteiger partial charge in [-0.3, -0.25) is 4.79 Å². The van der Waals surface area contributed by atoms with E-state index in [1.54, 1.807) is 11.3 Å². The number of nitrogens with zero attached hydrogens (tertiary/aromatic N) is 6. The molecule has 0 bridgehead atoms. The lowest BCUT2D eigenvalue weighted by Gasteiger charge is -2.22. The van der Waals surface area contributed by atoms with Crippen molar-refractivity contribution in [1.29, 1.82) is 0 Å². The molecule has 0 aromatic carbocycles. The Labute approximate surface area is 196 Å². The lowest BCUT2D eigenvalue weighted by atomic mass is 10.0. The van der Waals surface area contributed by atoms with Gasteiger partial charge in [0.25, 0.3) is 5.91 Å². The van der Waals surface area contributed by atoms with E-state index in [1.165, 1.54) is 0 Å². The Morgan fingerprint density at radius 2 is 1.76 bits per heavy atom. The van der Waals surface area contributed by atoms with Crippen molar-refractivity contribution in [3.63, 3.8) is 0 Å². The van der Waals surface area contributed by atoms with Gasteiger partial charge in [-0.25, -0.2) is 15.0 Å². The second-order valence-electron chi connectivity index (χ2n) is 9.27. The summed E-state index contributed by atoms with van der Waals surface area (Å²) >= 11 is 1.63. The molecule has 4 aromatic rings. The first-order chi connectivity index (χ1) is 16.0. The summed E-state index contributed by atoms with van der Waals surface area (Å²) in [5.41, 5.74) is 4.62. The van der Waals surface area contributed by atoms with Crippen LogP contribution in [0.3, 0.4) is 0 Å². The number of aryl methyl sites for hydroxylation is 3. The number of pyridine rings is 1. The maximum absolute atomic E-state index is 13.8. The Morgan fingerprint density at radius 1 is 1.03 bits per heavy atom. The van der Waals surface area contributed by atoms with E-state index in [0.29, 0.717) is 11.8 Å². The molecule has 2 atom stereocenters. The summed E-state index contributed by atoms with van der Waals surface area (Å²) in [5, 5.41) is 0.900. The minimum atomic E-state index is 0.107. The number of rotatable bonds is 3. The molecular formula is C25H26N6OS. The quantitative estimate of drug-likeness (QED) is 0.465. The molecule has 0 saturated carbocycles. The Morgan fingerprint density at radius 3 is 2.42 bits per heavy atom. The maximum atomic E-state index is 13.8. The summed E-state index contributed by atoms with van der Waals surface area (Å²) in [6.45, 7) is 9.40. The first-order valence-corrected chi connectivity index (χ1v) is 12.2. The Balaban J connectivity index is 1.27. The molecule has 1 amide bonds. The summed E-state index contributed by atoms with van der Waals surface area (Å²) in [7, 11) is 0. The predicted octanol–water partition coefficient (Wildman–Crippen LogP) is 3.99. The minimum Gasteiger partial charge on any atom is -0.340 e. The summed E-state index contributed by atoms with van der Waals surface area (Å²) in [6, 6.07) is 8.00. The SMILES string of the molecule is Cc1cc(C)nc(N2C[C@H]3CN(C(=O)c4c(-c5ncc(C)s5)cn5ccccc45)C[C@H]3C2)n1. The molecule has 8 heteroatoms. The molecule has 168 valence electrons. The summed E-state index contributed by atoms with van der Waals surface area (Å²) < 4.78 is 2.04. The fraction of sp³-hybridized carbons (Fsp3) is 0.360.